The number of aliphatic hydroxyl groups is 4. The number of aliphatic hydroxyl groups excluding tert-OH is 3. The van der Waals surface area contributed by atoms with E-state index in [0.717, 1.165) is 50.2 Å². The fourth-order valence-corrected chi connectivity index (χ4v) is 15.5. The van der Waals surface area contributed by atoms with Crippen molar-refractivity contribution < 1.29 is 77.7 Å². The van der Waals surface area contributed by atoms with Crippen LogP contribution in [0.4, 0.5) is 4.79 Å². The first-order valence-electron chi connectivity index (χ1n) is 27.9. The van der Waals surface area contributed by atoms with Gasteiger partial charge in [-0.25, -0.2) is 14.4 Å². The van der Waals surface area contributed by atoms with E-state index in [0.29, 0.717) is 29.1 Å². The zero-order chi connectivity index (χ0) is 58.4. The summed E-state index contributed by atoms with van der Waals surface area (Å²) in [6, 6.07) is 14.6. The van der Waals surface area contributed by atoms with Crippen molar-refractivity contribution in [3.05, 3.63) is 119 Å². The monoisotopic (exact) mass is 1100 g/mol. The summed E-state index contributed by atoms with van der Waals surface area (Å²) in [5, 5.41) is 51.6. The van der Waals surface area contributed by atoms with E-state index in [1.807, 2.05) is 0 Å². The Bertz CT molecular complexity index is 2970. The Morgan fingerprint density at radius 3 is 2.16 bits per heavy atom. The number of benzene rings is 2. The third-order valence-electron chi connectivity index (χ3n) is 19.8. The maximum Gasteiger partial charge on any atom is 0.408 e. The molecule has 0 radical (unpaired) electrons. The van der Waals surface area contributed by atoms with E-state index in [9.17, 15) is 54.0 Å². The Kier molecular flexibility index (Phi) is 15.2. The molecule has 430 valence electrons. The predicted molar refractivity (Wildman–Crippen MR) is 290 cm³/mol. The molecule has 8 aliphatic rings. The van der Waals surface area contributed by atoms with Gasteiger partial charge in [-0.05, 0) is 125 Å². The molecule has 1 aliphatic heterocycles. The summed E-state index contributed by atoms with van der Waals surface area (Å²) in [5.41, 5.74) is -6.04. The van der Waals surface area contributed by atoms with Gasteiger partial charge in [0.15, 0.2) is 23.3 Å². The van der Waals surface area contributed by atoms with E-state index in [2.05, 4.69) is 31.8 Å². The van der Waals surface area contributed by atoms with Gasteiger partial charge in [-0.1, -0.05) is 94.5 Å². The molecule has 1 saturated heterocycles. The molecular formula is C63H77NO16. The Labute approximate surface area is 467 Å². The van der Waals surface area contributed by atoms with Crippen molar-refractivity contribution >= 4 is 41.4 Å². The van der Waals surface area contributed by atoms with E-state index in [4.69, 9.17) is 23.7 Å². The standard InChI is InChI=1S/C43H53NO14.C20H24O2/c1-22-26(55-37(51)32(48)30(24-15-11-9-12-16-24)44-38(52)58-39(3,4)5)20-43(53)35(56-36(50)25-17-13-10-14-18-25)33-41(8,34(49)31(47)29(22)40(43,6)7)27(46)19-28-42(33,21-54-28)57-23(2)45;1-12-10-14-15-4-5-18(22)20(15,3)9-7-16(14)19(2)8-6-13(21)11-17(12)19/h9-18,26-28,30-33,35,46-48,53H,19-21H2,1-8H3,(H,44,52);6,8,11,14-16H,1,4-5,7,9-10H2,2-3H3/t26-,27-,28+,30-,31+,32?,33-,35-,41+,42-,43+;14-,15-,16-,19+,20-/m00/s1. The summed E-state index contributed by atoms with van der Waals surface area (Å²) in [7, 11) is 0. The van der Waals surface area contributed by atoms with Crippen LogP contribution in [0, 0.1) is 45.3 Å². The Morgan fingerprint density at radius 1 is 0.900 bits per heavy atom. The summed E-state index contributed by atoms with van der Waals surface area (Å²) in [6.45, 7) is 20.5. The number of esters is 3. The van der Waals surface area contributed by atoms with Crippen LogP contribution in [0.15, 0.2) is 108 Å². The highest BCUT2D eigenvalue weighted by atomic mass is 16.6. The average Bonchev–Trinajstić information content (AvgIpc) is 2.03. The minimum Gasteiger partial charge on any atom is -0.456 e. The smallest absolute Gasteiger partial charge is 0.408 e. The molecule has 1 heterocycles. The Hall–Kier alpha value is -6.11. The number of allylic oxidation sites excluding steroid dienone is 5. The molecule has 1 amide bonds. The van der Waals surface area contributed by atoms with Crippen LogP contribution < -0.4 is 5.32 Å². The maximum atomic E-state index is 14.9. The zero-order valence-electron chi connectivity index (χ0n) is 47.4. The van der Waals surface area contributed by atoms with Crippen molar-refractivity contribution in [2.45, 2.75) is 174 Å². The molecular weight excluding hydrogens is 1030 g/mol. The van der Waals surface area contributed by atoms with E-state index in [1.54, 1.807) is 95.3 Å². The SMILES string of the molecule is C=C1C[C@@H]2[C@H](CC[C@]3(C)C(=O)CC[C@@H]23)[C@@]2(C)C=CC(=O)C=C12.CC(=O)O[C@@]12CO[C@@H]1C[C@H](O)[C@@]1(C)C(=O)[C@H](O)C3=C(C)[C@@H](OC(=O)C(O)[C@@H](NC(=O)OC(C)(C)C)c4ccccc4)C[C@@](O)([C@@H](OC(=O)c4ccccc4)[C@H]21)C3(C)C. The highest BCUT2D eigenvalue weighted by Crippen LogP contribution is 2.66. The molecule has 5 saturated carbocycles. The van der Waals surface area contributed by atoms with E-state index in [1.165, 1.54) is 26.0 Å². The van der Waals surface area contributed by atoms with Gasteiger partial charge in [0.1, 0.15) is 41.4 Å². The van der Waals surface area contributed by atoms with Gasteiger partial charge in [0, 0.05) is 42.4 Å². The van der Waals surface area contributed by atoms with Crippen LogP contribution in [0.1, 0.15) is 136 Å². The van der Waals surface area contributed by atoms with E-state index >= 15 is 0 Å². The molecule has 17 nitrogen and oxygen atoms in total. The van der Waals surface area contributed by atoms with Gasteiger partial charge >= 0.3 is 24.0 Å². The van der Waals surface area contributed by atoms with Gasteiger partial charge in [-0.2, -0.15) is 0 Å². The lowest BCUT2D eigenvalue weighted by atomic mass is 9.44. The van der Waals surface area contributed by atoms with E-state index in [-0.39, 0.29) is 46.4 Å². The lowest BCUT2D eigenvalue weighted by Gasteiger charge is -2.67. The van der Waals surface area contributed by atoms with Gasteiger partial charge in [0.2, 0.25) is 0 Å². The number of ketones is 3. The zero-order valence-corrected chi connectivity index (χ0v) is 47.4. The second-order valence-corrected chi connectivity index (χ2v) is 25.8. The minimum absolute atomic E-state index is 0.0637. The first-order chi connectivity index (χ1) is 37.4. The average molecular weight is 1100 g/mol. The summed E-state index contributed by atoms with van der Waals surface area (Å²) in [5.74, 6) is -3.22. The molecule has 80 heavy (non-hydrogen) atoms. The number of alkyl carbamates (subject to hydrolysis) is 1. The molecule has 2 aromatic rings. The van der Waals surface area contributed by atoms with Crippen LogP contribution in [-0.4, -0.2) is 122 Å². The summed E-state index contributed by atoms with van der Waals surface area (Å²) in [6.07, 6.45) is -0.987. The Morgan fingerprint density at radius 2 is 1.55 bits per heavy atom. The number of hydrogen-bond acceptors (Lipinski definition) is 16. The van der Waals surface area contributed by atoms with Crippen LogP contribution in [0.2, 0.25) is 0 Å². The number of carbonyl (C=O) groups excluding carboxylic acids is 7. The van der Waals surface area contributed by atoms with Crippen molar-refractivity contribution in [2.75, 3.05) is 6.61 Å². The molecule has 17 heteroatoms. The molecule has 0 spiro atoms. The highest BCUT2D eigenvalue weighted by molar-refractivity contribution is 6.02. The highest BCUT2D eigenvalue weighted by Gasteiger charge is 2.78. The molecule has 10 rings (SSSR count). The number of Topliss-reactive ketones (excluding diaryl/α,β-unsaturated/α-hetero) is 2. The van der Waals surface area contributed by atoms with Crippen LogP contribution >= 0.6 is 0 Å². The lowest BCUT2D eigenvalue weighted by molar-refractivity contribution is -0.346. The second-order valence-electron chi connectivity index (χ2n) is 25.8. The molecule has 16 atom stereocenters. The number of fused-ring (bicyclic) bond motifs is 10. The molecule has 5 N–H and O–H groups in total. The fourth-order valence-electron chi connectivity index (χ4n) is 15.5. The molecule has 2 bridgehead atoms. The van der Waals surface area contributed by atoms with Gasteiger partial charge < -0.3 is 49.4 Å². The molecule has 1 unspecified atom stereocenters. The van der Waals surface area contributed by atoms with Gasteiger partial charge in [0.25, 0.3) is 0 Å². The maximum absolute atomic E-state index is 14.9. The van der Waals surface area contributed by atoms with Crippen LogP contribution in [0.5, 0.6) is 0 Å². The van der Waals surface area contributed by atoms with Crippen molar-refractivity contribution in [3.63, 3.8) is 0 Å². The molecule has 7 aliphatic carbocycles. The first-order valence-corrected chi connectivity index (χ1v) is 27.9. The third-order valence-corrected chi connectivity index (χ3v) is 19.8. The van der Waals surface area contributed by atoms with Crippen molar-refractivity contribution in [1.29, 1.82) is 0 Å². The quantitative estimate of drug-likeness (QED) is 0.0988. The largest absolute Gasteiger partial charge is 0.456 e. The number of carbonyl (C=O) groups is 7. The number of rotatable bonds is 8. The minimum atomic E-state index is -2.35. The van der Waals surface area contributed by atoms with E-state index < -0.39 is 112 Å². The Balaban J connectivity index is 0.000000290. The van der Waals surface area contributed by atoms with Crippen LogP contribution in [0.25, 0.3) is 0 Å². The second kappa shape index (κ2) is 20.7. The normalized spacial score (nSPS) is 37.3. The summed E-state index contributed by atoms with van der Waals surface area (Å²) < 4.78 is 29.5. The molecule has 6 fully saturated rings. The molecule has 2 aromatic carbocycles. The number of ether oxygens (including phenoxy) is 5. The summed E-state index contributed by atoms with van der Waals surface area (Å²) in [4.78, 5) is 93.1. The van der Waals surface area contributed by atoms with Crippen molar-refractivity contribution in [2.24, 2.45) is 45.3 Å². The predicted octanol–water partition coefficient (Wildman–Crippen LogP) is 7.29. The first kappa shape index (κ1) is 58.5. The number of nitrogens with one attached hydrogen (secondary N) is 1. The fraction of sp³-hybridized carbons (Fsp3) is 0.571. The van der Waals surface area contributed by atoms with Gasteiger partial charge in [-0.15, -0.1) is 0 Å². The third kappa shape index (κ3) is 9.51. The lowest BCUT2D eigenvalue weighted by Crippen LogP contribution is -2.81. The van der Waals surface area contributed by atoms with Crippen molar-refractivity contribution in [3.8, 4) is 0 Å². The topological polar surface area (TPSA) is 259 Å². The van der Waals surface area contributed by atoms with Gasteiger partial charge in [0.05, 0.1) is 35.6 Å². The van der Waals surface area contributed by atoms with Crippen LogP contribution in [0.3, 0.4) is 0 Å². The van der Waals surface area contributed by atoms with Crippen LogP contribution in [-0.2, 0) is 47.7 Å². The number of hydrogen-bond donors (Lipinski definition) is 5. The number of amides is 1. The molecule has 0 aromatic heterocycles. The summed E-state index contributed by atoms with van der Waals surface area (Å²) >= 11 is 0. The van der Waals surface area contributed by atoms with Gasteiger partial charge in [-0.3, -0.25) is 19.2 Å². The van der Waals surface area contributed by atoms with Crippen molar-refractivity contribution in [1.82, 2.24) is 5.32 Å².